The highest BCUT2D eigenvalue weighted by Crippen LogP contribution is 2.27. The molecule has 1 saturated heterocycles. The summed E-state index contributed by atoms with van der Waals surface area (Å²) in [5.41, 5.74) is 3.07. The van der Waals surface area contributed by atoms with Crippen LogP contribution in [0.3, 0.4) is 0 Å². The van der Waals surface area contributed by atoms with E-state index >= 15 is 0 Å². The van der Waals surface area contributed by atoms with Gasteiger partial charge in [-0.2, -0.15) is 4.99 Å². The average Bonchev–Trinajstić information content (AvgIpc) is 3.51. The van der Waals surface area contributed by atoms with Gasteiger partial charge in [0.1, 0.15) is 0 Å². The molecular weight excluding hydrogens is 478 g/mol. The second kappa shape index (κ2) is 11.5. The molecule has 1 fully saturated rings. The van der Waals surface area contributed by atoms with E-state index in [1.807, 2.05) is 42.7 Å². The molecule has 0 unspecified atom stereocenters. The Bertz CT molecular complexity index is 1300. The summed E-state index contributed by atoms with van der Waals surface area (Å²) in [6, 6.07) is 12.5. The van der Waals surface area contributed by atoms with Crippen molar-refractivity contribution < 1.29 is 23.8 Å². The molecule has 1 aliphatic heterocycles. The quantitative estimate of drug-likeness (QED) is 0.498. The second-order valence-corrected chi connectivity index (χ2v) is 9.82. The fourth-order valence-corrected chi connectivity index (χ4v) is 5.02. The molecular formula is C27H31N3O5S. The lowest BCUT2D eigenvalue weighted by Crippen LogP contribution is -2.31. The minimum absolute atomic E-state index is 0.108. The van der Waals surface area contributed by atoms with E-state index in [4.69, 9.17) is 14.2 Å². The van der Waals surface area contributed by atoms with Crippen molar-refractivity contribution in [1.29, 1.82) is 0 Å². The first-order valence-electron chi connectivity index (χ1n) is 11.9. The molecule has 0 bridgehead atoms. The molecule has 0 radical (unpaired) electrons. The van der Waals surface area contributed by atoms with E-state index in [-0.39, 0.29) is 17.9 Å². The van der Waals surface area contributed by atoms with Crippen LogP contribution in [0, 0.1) is 13.8 Å². The molecule has 0 saturated carbocycles. The van der Waals surface area contributed by atoms with E-state index in [0.29, 0.717) is 40.5 Å². The highest BCUT2D eigenvalue weighted by atomic mass is 32.1. The van der Waals surface area contributed by atoms with Gasteiger partial charge in [0.05, 0.1) is 26.9 Å². The second-order valence-electron chi connectivity index (χ2n) is 8.64. The largest absolute Gasteiger partial charge is 0.493 e. The predicted octanol–water partition coefficient (Wildman–Crippen LogP) is 3.88. The molecule has 2 aromatic carbocycles. The highest BCUT2D eigenvalue weighted by molar-refractivity contribution is 7.09. The Morgan fingerprint density at radius 2 is 1.81 bits per heavy atom. The number of thiazole rings is 1. The maximum Gasteiger partial charge on any atom is 0.279 e. The minimum atomic E-state index is -0.357. The van der Waals surface area contributed by atoms with Crippen LogP contribution in [0.15, 0.2) is 47.5 Å². The van der Waals surface area contributed by atoms with Gasteiger partial charge in [-0.15, -0.1) is 11.3 Å². The summed E-state index contributed by atoms with van der Waals surface area (Å²) in [5.74, 6) is 0.563. The summed E-state index contributed by atoms with van der Waals surface area (Å²) in [4.78, 5) is 31.6. The molecule has 1 aliphatic rings. The lowest BCUT2D eigenvalue weighted by atomic mass is 10.1. The van der Waals surface area contributed by atoms with E-state index in [1.165, 1.54) is 18.4 Å². The zero-order valence-electron chi connectivity index (χ0n) is 21.0. The van der Waals surface area contributed by atoms with Crippen LogP contribution in [0.1, 0.15) is 49.7 Å². The van der Waals surface area contributed by atoms with Gasteiger partial charge in [0.2, 0.25) is 0 Å². The van der Waals surface area contributed by atoms with Crippen molar-refractivity contribution in [1.82, 2.24) is 9.88 Å². The number of nitrogens with one attached hydrogen (secondary N) is 1. The number of carbonyl (C=O) groups excluding carboxylic acids is 2. The summed E-state index contributed by atoms with van der Waals surface area (Å²) >= 11 is 1.47. The molecule has 9 heteroatoms. The smallest absolute Gasteiger partial charge is 0.279 e. The number of rotatable bonds is 8. The number of hydrogen-bond donors (Lipinski definition) is 1. The number of amides is 2. The number of aryl methyl sites for hydroxylation is 1. The maximum absolute atomic E-state index is 13.0. The van der Waals surface area contributed by atoms with E-state index in [1.54, 1.807) is 25.3 Å². The fourth-order valence-electron chi connectivity index (χ4n) is 4.05. The van der Waals surface area contributed by atoms with E-state index in [2.05, 4.69) is 10.3 Å². The summed E-state index contributed by atoms with van der Waals surface area (Å²) in [7, 11) is 3.08. The van der Waals surface area contributed by atoms with Crippen LogP contribution in [0.25, 0.3) is 0 Å². The van der Waals surface area contributed by atoms with Gasteiger partial charge in [0, 0.05) is 34.8 Å². The van der Waals surface area contributed by atoms with Crippen LogP contribution >= 0.6 is 11.3 Å². The maximum atomic E-state index is 13.0. The zero-order valence-corrected chi connectivity index (χ0v) is 21.8. The Balaban J connectivity index is 1.51. The van der Waals surface area contributed by atoms with Crippen molar-refractivity contribution in [3.8, 4) is 11.5 Å². The van der Waals surface area contributed by atoms with Gasteiger partial charge in [0.25, 0.3) is 11.8 Å². The van der Waals surface area contributed by atoms with E-state index < -0.39 is 0 Å². The van der Waals surface area contributed by atoms with Crippen LogP contribution in [-0.4, -0.2) is 49.9 Å². The SMILES string of the molecule is COc1ccc(C(=O)N=c2sc(C)c(C)n2Cc2ccc(C(=O)NC[C@@H]3CCCO3)cc2)cc1OC. The third-order valence-electron chi connectivity index (χ3n) is 6.29. The molecule has 1 atom stereocenters. The van der Waals surface area contributed by atoms with Gasteiger partial charge in [-0.1, -0.05) is 12.1 Å². The number of carbonyl (C=O) groups is 2. The summed E-state index contributed by atoms with van der Waals surface area (Å²) in [6.07, 6.45) is 2.14. The first-order chi connectivity index (χ1) is 17.4. The monoisotopic (exact) mass is 509 g/mol. The fraction of sp³-hybridized carbons (Fsp3) is 0.370. The van der Waals surface area contributed by atoms with Crippen LogP contribution in [-0.2, 0) is 11.3 Å². The predicted molar refractivity (Wildman–Crippen MR) is 138 cm³/mol. The van der Waals surface area contributed by atoms with Crippen LogP contribution < -0.4 is 19.6 Å². The normalized spacial score (nSPS) is 15.7. The molecule has 2 amide bonds. The van der Waals surface area contributed by atoms with Gasteiger partial charge in [0.15, 0.2) is 16.3 Å². The van der Waals surface area contributed by atoms with Crippen molar-refractivity contribution in [2.75, 3.05) is 27.4 Å². The number of nitrogens with zero attached hydrogens (tertiary/aromatic N) is 2. The molecule has 36 heavy (non-hydrogen) atoms. The zero-order chi connectivity index (χ0) is 25.7. The summed E-state index contributed by atoms with van der Waals surface area (Å²) in [6.45, 7) is 5.86. The minimum Gasteiger partial charge on any atom is -0.493 e. The van der Waals surface area contributed by atoms with Gasteiger partial charge in [-0.25, -0.2) is 0 Å². The molecule has 0 spiro atoms. The van der Waals surface area contributed by atoms with Crippen LogP contribution in [0.4, 0.5) is 0 Å². The number of aromatic nitrogens is 1. The molecule has 2 heterocycles. The van der Waals surface area contributed by atoms with Crippen molar-refractivity contribution in [2.24, 2.45) is 4.99 Å². The standard InChI is InChI=1S/C27H31N3O5S/c1-17-18(2)36-27(29-26(32)21-11-12-23(33-3)24(14-21)34-4)30(17)16-19-7-9-20(10-8-19)25(31)28-15-22-6-5-13-35-22/h7-12,14,22H,5-6,13,15-16H2,1-4H3,(H,28,31)/t22-/m0/s1. The Morgan fingerprint density at radius 3 is 2.47 bits per heavy atom. The first-order valence-corrected chi connectivity index (χ1v) is 12.7. The molecule has 8 nitrogen and oxygen atoms in total. The average molecular weight is 510 g/mol. The van der Waals surface area contributed by atoms with Gasteiger partial charge < -0.3 is 24.1 Å². The number of methoxy groups -OCH3 is 2. The molecule has 0 aliphatic carbocycles. The third-order valence-corrected chi connectivity index (χ3v) is 7.38. The topological polar surface area (TPSA) is 91.2 Å². The molecule has 1 N–H and O–H groups in total. The Labute approximate surface area is 214 Å². The molecule has 1 aromatic heterocycles. The van der Waals surface area contributed by atoms with Crippen molar-refractivity contribution in [2.45, 2.75) is 39.3 Å². The lowest BCUT2D eigenvalue weighted by Gasteiger charge is -2.11. The van der Waals surface area contributed by atoms with Crippen molar-refractivity contribution in [3.05, 3.63) is 74.5 Å². The first kappa shape index (κ1) is 25.7. The third kappa shape index (κ3) is 5.85. The van der Waals surface area contributed by atoms with Crippen molar-refractivity contribution >= 4 is 23.2 Å². The summed E-state index contributed by atoms with van der Waals surface area (Å²) in [5, 5.41) is 2.95. The number of ether oxygens (including phenoxy) is 3. The van der Waals surface area contributed by atoms with Crippen LogP contribution in [0.2, 0.25) is 0 Å². The molecule has 4 rings (SSSR count). The highest BCUT2D eigenvalue weighted by Gasteiger charge is 2.17. The van der Waals surface area contributed by atoms with Crippen LogP contribution in [0.5, 0.6) is 11.5 Å². The summed E-state index contributed by atoms with van der Waals surface area (Å²) < 4.78 is 18.2. The molecule has 3 aromatic rings. The van der Waals surface area contributed by atoms with Crippen molar-refractivity contribution in [3.63, 3.8) is 0 Å². The van der Waals surface area contributed by atoms with Gasteiger partial charge >= 0.3 is 0 Å². The van der Waals surface area contributed by atoms with E-state index in [9.17, 15) is 9.59 Å². The lowest BCUT2D eigenvalue weighted by molar-refractivity contribution is 0.0857. The Kier molecular flexibility index (Phi) is 8.22. The Hall–Kier alpha value is -3.43. The van der Waals surface area contributed by atoms with Gasteiger partial charge in [-0.05, 0) is 62.6 Å². The van der Waals surface area contributed by atoms with E-state index in [0.717, 1.165) is 35.6 Å². The Morgan fingerprint density at radius 1 is 1.08 bits per heavy atom. The number of benzene rings is 2. The van der Waals surface area contributed by atoms with Gasteiger partial charge in [-0.3, -0.25) is 9.59 Å². The number of hydrogen-bond acceptors (Lipinski definition) is 6. The molecule has 190 valence electrons.